The molecule has 0 aromatic carbocycles. The Morgan fingerprint density at radius 3 is 2.53 bits per heavy atom. The fourth-order valence-corrected chi connectivity index (χ4v) is 1.39. The molecule has 0 aromatic rings. The topological polar surface area (TPSA) is 50.4 Å². The van der Waals surface area contributed by atoms with Crippen LogP contribution < -0.4 is 10.6 Å². The molecule has 1 amide bonds. The van der Waals surface area contributed by atoms with Gasteiger partial charge in [0.05, 0.1) is 5.41 Å². The van der Waals surface area contributed by atoms with Gasteiger partial charge in [0.2, 0.25) is 5.91 Å². The van der Waals surface area contributed by atoms with Crippen molar-refractivity contribution in [2.45, 2.75) is 20.8 Å². The summed E-state index contributed by atoms with van der Waals surface area (Å²) in [5.41, 5.74) is -0.360. The van der Waals surface area contributed by atoms with Crippen molar-refractivity contribution in [2.24, 2.45) is 11.3 Å². The van der Waals surface area contributed by atoms with E-state index < -0.39 is 0 Å². The first-order valence-corrected chi connectivity index (χ1v) is 5.36. The molecule has 0 aromatic heterocycles. The molecule has 0 aliphatic rings. The molecule has 0 saturated carbocycles. The molecule has 0 fully saturated rings. The van der Waals surface area contributed by atoms with Gasteiger partial charge in [-0.05, 0) is 26.3 Å². The van der Waals surface area contributed by atoms with Gasteiger partial charge in [-0.1, -0.05) is 6.92 Å². The molecule has 1 atom stereocenters. The van der Waals surface area contributed by atoms with E-state index in [1.807, 2.05) is 13.8 Å². The Bertz CT molecular complexity index is 193. The van der Waals surface area contributed by atoms with Gasteiger partial charge in [0.25, 0.3) is 0 Å². The maximum atomic E-state index is 11.5. The van der Waals surface area contributed by atoms with E-state index in [4.69, 9.17) is 4.74 Å². The minimum absolute atomic E-state index is 0.0643. The lowest BCUT2D eigenvalue weighted by Crippen LogP contribution is -2.43. The third kappa shape index (κ3) is 5.74. The highest BCUT2D eigenvalue weighted by atomic mass is 16.5. The average Bonchev–Trinajstić information content (AvgIpc) is 2.16. The van der Waals surface area contributed by atoms with Gasteiger partial charge >= 0.3 is 0 Å². The fraction of sp³-hybridized carbons (Fsp3) is 0.909. The zero-order valence-electron chi connectivity index (χ0n) is 10.5. The van der Waals surface area contributed by atoms with Crippen LogP contribution in [-0.2, 0) is 9.53 Å². The summed E-state index contributed by atoms with van der Waals surface area (Å²) < 4.78 is 5.04. The number of hydrogen-bond donors (Lipinski definition) is 2. The summed E-state index contributed by atoms with van der Waals surface area (Å²) in [5, 5.41) is 5.95. The first-order chi connectivity index (χ1) is 6.94. The Kier molecular flexibility index (Phi) is 6.52. The van der Waals surface area contributed by atoms with E-state index in [0.717, 1.165) is 13.2 Å². The molecule has 4 heteroatoms. The Labute approximate surface area is 92.8 Å². The summed E-state index contributed by atoms with van der Waals surface area (Å²) in [5.74, 6) is 0.532. The van der Waals surface area contributed by atoms with Crippen molar-refractivity contribution in [3.05, 3.63) is 0 Å². The lowest BCUT2D eigenvalue weighted by Gasteiger charge is -2.23. The SMILES string of the molecule is CNC(=O)C(C)(C)CNCC(C)COC. The number of carbonyl (C=O) groups is 1. The molecule has 1 unspecified atom stereocenters. The standard InChI is InChI=1S/C11H24N2O2/c1-9(7-15-5)6-13-8-11(2,3)10(14)12-4/h9,13H,6-8H2,1-5H3,(H,12,14). The second-order valence-corrected chi connectivity index (χ2v) is 4.65. The zero-order valence-corrected chi connectivity index (χ0v) is 10.5. The number of ether oxygens (including phenoxy) is 1. The van der Waals surface area contributed by atoms with Crippen LogP contribution in [0.15, 0.2) is 0 Å². The van der Waals surface area contributed by atoms with Crippen molar-refractivity contribution in [1.29, 1.82) is 0 Å². The van der Waals surface area contributed by atoms with Gasteiger partial charge < -0.3 is 15.4 Å². The molecule has 4 nitrogen and oxygen atoms in total. The smallest absolute Gasteiger partial charge is 0.226 e. The monoisotopic (exact) mass is 216 g/mol. The van der Waals surface area contributed by atoms with Crippen molar-refractivity contribution in [2.75, 3.05) is 33.9 Å². The predicted octanol–water partition coefficient (Wildman–Crippen LogP) is 0.631. The second-order valence-electron chi connectivity index (χ2n) is 4.65. The van der Waals surface area contributed by atoms with Crippen LogP contribution in [0.25, 0.3) is 0 Å². The van der Waals surface area contributed by atoms with Crippen LogP contribution in [0.2, 0.25) is 0 Å². The van der Waals surface area contributed by atoms with Gasteiger partial charge in [-0.25, -0.2) is 0 Å². The van der Waals surface area contributed by atoms with E-state index >= 15 is 0 Å². The van der Waals surface area contributed by atoms with E-state index in [0.29, 0.717) is 12.5 Å². The highest BCUT2D eigenvalue weighted by Gasteiger charge is 2.25. The lowest BCUT2D eigenvalue weighted by atomic mass is 9.92. The summed E-state index contributed by atoms with van der Waals surface area (Å²) >= 11 is 0. The molecule has 0 radical (unpaired) electrons. The average molecular weight is 216 g/mol. The summed E-state index contributed by atoms with van der Waals surface area (Å²) in [6.45, 7) is 8.27. The quantitative estimate of drug-likeness (QED) is 0.656. The molecule has 0 aliphatic carbocycles. The molecule has 0 spiro atoms. The summed E-state index contributed by atoms with van der Waals surface area (Å²) in [7, 11) is 3.36. The lowest BCUT2D eigenvalue weighted by molar-refractivity contribution is -0.128. The van der Waals surface area contributed by atoms with Crippen molar-refractivity contribution >= 4 is 5.91 Å². The first kappa shape index (κ1) is 14.4. The molecular formula is C11H24N2O2. The molecule has 0 rings (SSSR count). The molecule has 0 heterocycles. The molecule has 15 heavy (non-hydrogen) atoms. The Morgan fingerprint density at radius 2 is 2.07 bits per heavy atom. The van der Waals surface area contributed by atoms with E-state index in [2.05, 4.69) is 17.6 Å². The first-order valence-electron chi connectivity index (χ1n) is 5.36. The van der Waals surface area contributed by atoms with Gasteiger partial charge in [-0.15, -0.1) is 0 Å². The van der Waals surface area contributed by atoms with Gasteiger partial charge in [-0.2, -0.15) is 0 Å². The molecule has 2 N–H and O–H groups in total. The Balaban J connectivity index is 3.79. The van der Waals surface area contributed by atoms with E-state index in [1.54, 1.807) is 14.2 Å². The minimum Gasteiger partial charge on any atom is -0.384 e. The van der Waals surface area contributed by atoms with Gasteiger partial charge in [0, 0.05) is 27.3 Å². The van der Waals surface area contributed by atoms with Gasteiger partial charge in [0.1, 0.15) is 0 Å². The zero-order chi connectivity index (χ0) is 11.9. The summed E-state index contributed by atoms with van der Waals surface area (Å²) in [4.78, 5) is 11.5. The summed E-state index contributed by atoms with van der Waals surface area (Å²) in [6.07, 6.45) is 0. The van der Waals surface area contributed by atoms with Crippen LogP contribution >= 0.6 is 0 Å². The van der Waals surface area contributed by atoms with E-state index in [-0.39, 0.29) is 11.3 Å². The third-order valence-corrected chi connectivity index (χ3v) is 2.35. The van der Waals surface area contributed by atoms with Gasteiger partial charge in [0.15, 0.2) is 0 Å². The van der Waals surface area contributed by atoms with E-state index in [9.17, 15) is 4.79 Å². The molecule has 0 aliphatic heterocycles. The van der Waals surface area contributed by atoms with Crippen LogP contribution in [0, 0.1) is 11.3 Å². The molecular weight excluding hydrogens is 192 g/mol. The number of rotatable bonds is 7. The van der Waals surface area contributed by atoms with Crippen LogP contribution in [0.5, 0.6) is 0 Å². The summed E-state index contributed by atoms with van der Waals surface area (Å²) in [6, 6.07) is 0. The van der Waals surface area contributed by atoms with Crippen LogP contribution in [-0.4, -0.2) is 39.8 Å². The van der Waals surface area contributed by atoms with E-state index in [1.165, 1.54) is 0 Å². The maximum absolute atomic E-state index is 11.5. The van der Waals surface area contributed by atoms with Crippen molar-refractivity contribution in [3.63, 3.8) is 0 Å². The molecule has 0 saturated heterocycles. The largest absolute Gasteiger partial charge is 0.384 e. The Hall–Kier alpha value is -0.610. The highest BCUT2D eigenvalue weighted by Crippen LogP contribution is 2.13. The molecule has 90 valence electrons. The second kappa shape index (κ2) is 6.80. The fourth-order valence-electron chi connectivity index (χ4n) is 1.39. The van der Waals surface area contributed by atoms with Crippen molar-refractivity contribution in [1.82, 2.24) is 10.6 Å². The Morgan fingerprint density at radius 1 is 1.47 bits per heavy atom. The number of methoxy groups -OCH3 is 1. The highest BCUT2D eigenvalue weighted by molar-refractivity contribution is 5.81. The van der Waals surface area contributed by atoms with Crippen LogP contribution in [0.3, 0.4) is 0 Å². The predicted molar refractivity (Wildman–Crippen MR) is 61.8 cm³/mol. The number of nitrogens with one attached hydrogen (secondary N) is 2. The number of carbonyl (C=O) groups excluding carboxylic acids is 1. The number of amides is 1. The van der Waals surface area contributed by atoms with Crippen LogP contribution in [0.4, 0.5) is 0 Å². The van der Waals surface area contributed by atoms with Crippen molar-refractivity contribution in [3.8, 4) is 0 Å². The number of hydrogen-bond acceptors (Lipinski definition) is 3. The normalized spacial score (nSPS) is 13.7. The van der Waals surface area contributed by atoms with Crippen molar-refractivity contribution < 1.29 is 9.53 Å². The molecule has 0 bridgehead atoms. The van der Waals surface area contributed by atoms with Crippen LogP contribution in [0.1, 0.15) is 20.8 Å². The third-order valence-electron chi connectivity index (χ3n) is 2.35. The maximum Gasteiger partial charge on any atom is 0.226 e. The minimum atomic E-state index is -0.360. The van der Waals surface area contributed by atoms with Gasteiger partial charge in [-0.3, -0.25) is 4.79 Å².